The standard InChI is InChI=1S/C13H19O3P/c1-2-3-7-10-14-17-15-13(16-17)11-12-8-5-4-6-9-12/h4-6,8-9,13H,2-3,7,10-11H2,1H3. The lowest BCUT2D eigenvalue weighted by molar-refractivity contribution is -0.0993. The Hall–Kier alpha value is -0.470. The van der Waals surface area contributed by atoms with E-state index in [-0.39, 0.29) is 6.29 Å². The summed E-state index contributed by atoms with van der Waals surface area (Å²) < 4.78 is 16.6. The van der Waals surface area contributed by atoms with Crippen LogP contribution in [0.1, 0.15) is 31.7 Å². The zero-order valence-corrected chi connectivity index (χ0v) is 11.1. The molecule has 0 aliphatic carbocycles. The number of hydrogen-bond donors (Lipinski definition) is 0. The van der Waals surface area contributed by atoms with E-state index < -0.39 is 8.60 Å². The van der Waals surface area contributed by atoms with Gasteiger partial charge in [0.25, 0.3) is 0 Å². The maximum absolute atomic E-state index is 5.54. The average molecular weight is 254 g/mol. The van der Waals surface area contributed by atoms with Crippen LogP contribution in [-0.4, -0.2) is 12.9 Å². The van der Waals surface area contributed by atoms with Crippen LogP contribution in [0.15, 0.2) is 30.3 Å². The van der Waals surface area contributed by atoms with E-state index in [0.29, 0.717) is 0 Å². The Morgan fingerprint density at radius 2 is 1.94 bits per heavy atom. The second-order valence-electron chi connectivity index (χ2n) is 4.09. The van der Waals surface area contributed by atoms with Gasteiger partial charge in [0.05, 0.1) is 6.61 Å². The van der Waals surface area contributed by atoms with Gasteiger partial charge in [-0.3, -0.25) is 9.05 Å². The Balaban J connectivity index is 1.57. The zero-order valence-electron chi connectivity index (χ0n) is 10.2. The summed E-state index contributed by atoms with van der Waals surface area (Å²) in [4.78, 5) is 0. The highest BCUT2D eigenvalue weighted by molar-refractivity contribution is 7.42. The number of hydrogen-bond acceptors (Lipinski definition) is 3. The predicted octanol–water partition coefficient (Wildman–Crippen LogP) is 4.04. The van der Waals surface area contributed by atoms with Crippen molar-refractivity contribution in [1.29, 1.82) is 0 Å². The first kappa shape index (κ1) is 13.0. The average Bonchev–Trinajstić information content (AvgIpc) is 2.32. The SMILES string of the molecule is CCCCCOP1OC(Cc2ccccc2)O1. The monoisotopic (exact) mass is 254 g/mol. The van der Waals surface area contributed by atoms with Gasteiger partial charge in [-0.05, 0) is 12.0 Å². The van der Waals surface area contributed by atoms with Crippen LogP contribution in [0.4, 0.5) is 0 Å². The van der Waals surface area contributed by atoms with Gasteiger partial charge in [0, 0.05) is 6.42 Å². The van der Waals surface area contributed by atoms with E-state index >= 15 is 0 Å². The second-order valence-corrected chi connectivity index (χ2v) is 5.22. The fourth-order valence-electron chi connectivity index (χ4n) is 1.63. The molecule has 0 N–H and O–H groups in total. The summed E-state index contributed by atoms with van der Waals surface area (Å²) >= 11 is 0. The molecular formula is C13H19O3P. The highest BCUT2D eigenvalue weighted by Crippen LogP contribution is 2.52. The van der Waals surface area contributed by atoms with Gasteiger partial charge in [-0.1, -0.05) is 50.1 Å². The summed E-state index contributed by atoms with van der Waals surface area (Å²) in [7, 11) is -1.05. The molecule has 17 heavy (non-hydrogen) atoms. The lowest BCUT2D eigenvalue weighted by atomic mass is 10.1. The maximum atomic E-state index is 5.54. The van der Waals surface area contributed by atoms with E-state index in [1.54, 1.807) is 0 Å². The molecule has 1 aromatic carbocycles. The molecule has 0 bridgehead atoms. The van der Waals surface area contributed by atoms with Gasteiger partial charge in [0.15, 0.2) is 6.29 Å². The maximum Gasteiger partial charge on any atom is 0.337 e. The molecule has 0 amide bonds. The van der Waals surface area contributed by atoms with Gasteiger partial charge in [0.1, 0.15) is 0 Å². The van der Waals surface area contributed by atoms with Crippen molar-refractivity contribution in [2.75, 3.05) is 6.61 Å². The van der Waals surface area contributed by atoms with Crippen LogP contribution < -0.4 is 0 Å². The van der Waals surface area contributed by atoms with Crippen LogP contribution in [0.2, 0.25) is 0 Å². The molecule has 1 heterocycles. The van der Waals surface area contributed by atoms with Crippen LogP contribution in [0.5, 0.6) is 0 Å². The largest absolute Gasteiger partial charge is 0.337 e. The smallest absolute Gasteiger partial charge is 0.312 e. The van der Waals surface area contributed by atoms with Crippen molar-refractivity contribution in [3.8, 4) is 0 Å². The molecule has 0 aromatic heterocycles. The van der Waals surface area contributed by atoms with Crippen molar-refractivity contribution in [2.24, 2.45) is 0 Å². The zero-order chi connectivity index (χ0) is 11.9. The number of benzene rings is 1. The van der Waals surface area contributed by atoms with Gasteiger partial charge in [-0.2, -0.15) is 0 Å². The second kappa shape index (κ2) is 7.07. The first-order valence-corrected chi connectivity index (χ1v) is 7.28. The minimum Gasteiger partial charge on any atom is -0.312 e. The molecule has 94 valence electrons. The van der Waals surface area contributed by atoms with Crippen LogP contribution in [0, 0.1) is 0 Å². The third-order valence-corrected chi connectivity index (χ3v) is 3.80. The van der Waals surface area contributed by atoms with Crippen LogP contribution >= 0.6 is 8.60 Å². The lowest BCUT2D eigenvalue weighted by Crippen LogP contribution is -2.26. The summed E-state index contributed by atoms with van der Waals surface area (Å²) in [6.45, 7) is 2.93. The van der Waals surface area contributed by atoms with Gasteiger partial charge >= 0.3 is 8.60 Å². The van der Waals surface area contributed by atoms with E-state index in [9.17, 15) is 0 Å². The van der Waals surface area contributed by atoms with E-state index in [1.807, 2.05) is 18.2 Å². The van der Waals surface area contributed by atoms with Gasteiger partial charge < -0.3 is 4.52 Å². The predicted molar refractivity (Wildman–Crippen MR) is 68.5 cm³/mol. The van der Waals surface area contributed by atoms with Crippen molar-refractivity contribution < 1.29 is 13.6 Å². The summed E-state index contributed by atoms with van der Waals surface area (Å²) in [6, 6.07) is 10.2. The van der Waals surface area contributed by atoms with Crippen molar-refractivity contribution >= 4 is 8.60 Å². The molecule has 1 saturated heterocycles. The molecule has 4 heteroatoms. The Morgan fingerprint density at radius 3 is 2.65 bits per heavy atom. The van der Waals surface area contributed by atoms with E-state index in [4.69, 9.17) is 13.6 Å². The highest BCUT2D eigenvalue weighted by atomic mass is 31.2. The highest BCUT2D eigenvalue weighted by Gasteiger charge is 2.33. The quantitative estimate of drug-likeness (QED) is 0.543. The minimum absolute atomic E-state index is 0.116. The minimum atomic E-state index is -1.05. The molecule has 0 radical (unpaired) electrons. The Kier molecular flexibility index (Phi) is 5.40. The third-order valence-electron chi connectivity index (χ3n) is 2.60. The van der Waals surface area contributed by atoms with E-state index in [1.165, 1.54) is 18.4 Å². The summed E-state index contributed by atoms with van der Waals surface area (Å²) in [6.07, 6.45) is 4.19. The van der Waals surface area contributed by atoms with Gasteiger partial charge in [0.2, 0.25) is 0 Å². The molecule has 1 fully saturated rings. The van der Waals surface area contributed by atoms with Crippen molar-refractivity contribution in [3.63, 3.8) is 0 Å². The Morgan fingerprint density at radius 1 is 1.18 bits per heavy atom. The summed E-state index contributed by atoms with van der Waals surface area (Å²) in [5, 5.41) is 0. The third kappa shape index (κ3) is 4.36. The van der Waals surface area contributed by atoms with Gasteiger partial charge in [-0.25, -0.2) is 0 Å². The fraction of sp³-hybridized carbons (Fsp3) is 0.538. The molecule has 0 spiro atoms. The van der Waals surface area contributed by atoms with Crippen LogP contribution in [-0.2, 0) is 20.0 Å². The Bertz CT molecular complexity index is 312. The topological polar surface area (TPSA) is 27.7 Å². The first-order valence-electron chi connectivity index (χ1n) is 6.19. The summed E-state index contributed by atoms with van der Waals surface area (Å²) in [5.41, 5.74) is 1.23. The summed E-state index contributed by atoms with van der Waals surface area (Å²) in [5.74, 6) is 0. The number of rotatable bonds is 7. The van der Waals surface area contributed by atoms with Gasteiger partial charge in [-0.15, -0.1) is 0 Å². The molecule has 2 rings (SSSR count). The molecular weight excluding hydrogens is 235 g/mol. The molecule has 0 atom stereocenters. The molecule has 1 aliphatic heterocycles. The molecule has 3 nitrogen and oxygen atoms in total. The Labute approximate surface area is 104 Å². The molecule has 1 aromatic rings. The first-order chi connectivity index (χ1) is 8.38. The molecule has 0 unspecified atom stereocenters. The van der Waals surface area contributed by atoms with E-state index in [2.05, 4.69) is 19.1 Å². The van der Waals surface area contributed by atoms with Crippen LogP contribution in [0.25, 0.3) is 0 Å². The number of unbranched alkanes of at least 4 members (excludes halogenated alkanes) is 2. The van der Waals surface area contributed by atoms with Crippen molar-refractivity contribution in [1.82, 2.24) is 0 Å². The van der Waals surface area contributed by atoms with Crippen molar-refractivity contribution in [2.45, 2.75) is 38.9 Å². The molecule has 0 saturated carbocycles. The normalized spacial score (nSPS) is 23.4. The fourth-order valence-corrected chi connectivity index (χ4v) is 2.58. The van der Waals surface area contributed by atoms with Crippen molar-refractivity contribution in [3.05, 3.63) is 35.9 Å². The lowest BCUT2D eigenvalue weighted by Gasteiger charge is -2.33. The van der Waals surface area contributed by atoms with E-state index in [0.717, 1.165) is 19.4 Å². The van der Waals surface area contributed by atoms with Crippen LogP contribution in [0.3, 0.4) is 0 Å². The molecule has 1 aliphatic rings.